The van der Waals surface area contributed by atoms with E-state index in [1.54, 1.807) is 19.1 Å². The van der Waals surface area contributed by atoms with Gasteiger partial charge in [0.15, 0.2) is 0 Å². The van der Waals surface area contributed by atoms with E-state index in [1.807, 2.05) is 18.2 Å². The van der Waals surface area contributed by atoms with Crippen molar-refractivity contribution in [2.24, 2.45) is 0 Å². The summed E-state index contributed by atoms with van der Waals surface area (Å²) in [5.41, 5.74) is 0.640. The number of ether oxygens (including phenoxy) is 2. The molecule has 1 fully saturated rings. The Labute approximate surface area is 129 Å². The number of rotatable bonds is 3. The van der Waals surface area contributed by atoms with Gasteiger partial charge in [-0.2, -0.15) is 0 Å². The van der Waals surface area contributed by atoms with E-state index >= 15 is 0 Å². The van der Waals surface area contributed by atoms with Crippen LogP contribution in [0.25, 0.3) is 0 Å². The number of benzene rings is 1. The number of halogens is 2. The van der Waals surface area contributed by atoms with Crippen LogP contribution in [0, 0.1) is 0 Å². The van der Waals surface area contributed by atoms with Gasteiger partial charge in [-0.25, -0.2) is 0 Å². The molecule has 0 saturated carbocycles. The summed E-state index contributed by atoms with van der Waals surface area (Å²) < 4.78 is 12.4. The molecule has 0 N–H and O–H groups in total. The number of hydrogen-bond acceptors (Lipinski definition) is 3. The van der Waals surface area contributed by atoms with E-state index in [0.29, 0.717) is 18.7 Å². The fraction of sp³-hybridized carbons (Fsp3) is 0.462. The second-order valence-corrected chi connectivity index (χ2v) is 6.15. The molecular weight excluding hydrogens is 378 g/mol. The molecule has 2 unspecified atom stereocenters. The van der Waals surface area contributed by atoms with Crippen LogP contribution in [0.2, 0.25) is 0 Å². The van der Waals surface area contributed by atoms with Gasteiger partial charge in [-0.3, -0.25) is 4.79 Å². The van der Waals surface area contributed by atoms with Crippen LogP contribution < -0.4 is 0 Å². The maximum Gasteiger partial charge on any atom is 0.255 e. The van der Waals surface area contributed by atoms with Crippen molar-refractivity contribution < 1.29 is 14.3 Å². The Kier molecular flexibility index (Phi) is 5.00. The molecule has 0 bridgehead atoms. The largest absolute Gasteiger partial charge is 0.377 e. The first-order valence-electron chi connectivity index (χ1n) is 5.86. The van der Waals surface area contributed by atoms with Crippen molar-refractivity contribution in [3.05, 3.63) is 32.7 Å². The summed E-state index contributed by atoms with van der Waals surface area (Å²) in [7, 11) is 3.28. The van der Waals surface area contributed by atoms with Crippen molar-refractivity contribution >= 4 is 37.8 Å². The highest BCUT2D eigenvalue weighted by molar-refractivity contribution is 9.11. The summed E-state index contributed by atoms with van der Waals surface area (Å²) in [5.74, 6) is -0.0187. The average molecular weight is 393 g/mol. The number of carbonyl (C=O) groups excluding carboxylic acids is 1. The summed E-state index contributed by atoms with van der Waals surface area (Å²) in [6.45, 7) is 1.10. The van der Waals surface area contributed by atoms with Crippen molar-refractivity contribution in [2.45, 2.75) is 12.2 Å². The van der Waals surface area contributed by atoms with Crippen LogP contribution in [0.4, 0.5) is 0 Å². The zero-order valence-electron chi connectivity index (χ0n) is 10.7. The van der Waals surface area contributed by atoms with Crippen LogP contribution in [0.3, 0.4) is 0 Å². The normalized spacial score (nSPS) is 22.8. The predicted molar refractivity (Wildman–Crippen MR) is 79.3 cm³/mol. The first-order valence-corrected chi connectivity index (χ1v) is 7.45. The van der Waals surface area contributed by atoms with Crippen LogP contribution in [0.15, 0.2) is 27.1 Å². The molecule has 1 aromatic rings. The summed E-state index contributed by atoms with van der Waals surface area (Å²) in [4.78, 5) is 14.3. The van der Waals surface area contributed by atoms with Crippen molar-refractivity contribution in [3.8, 4) is 0 Å². The van der Waals surface area contributed by atoms with Crippen LogP contribution >= 0.6 is 31.9 Å². The molecule has 0 aliphatic carbocycles. The summed E-state index contributed by atoms with van der Waals surface area (Å²) >= 11 is 6.79. The van der Waals surface area contributed by atoms with E-state index in [0.717, 1.165) is 8.95 Å². The SMILES string of the molecule is COC1CN(C(=O)c2cc(Br)ccc2Br)CC1OC. The lowest BCUT2D eigenvalue weighted by molar-refractivity contribution is -0.00461. The average Bonchev–Trinajstić information content (AvgIpc) is 2.84. The number of likely N-dealkylation sites (tertiary alicyclic amines) is 1. The van der Waals surface area contributed by atoms with Gasteiger partial charge in [0.05, 0.1) is 5.56 Å². The van der Waals surface area contributed by atoms with Crippen LogP contribution in [0.5, 0.6) is 0 Å². The quantitative estimate of drug-likeness (QED) is 0.793. The molecule has 2 rings (SSSR count). The first-order chi connectivity index (χ1) is 9.06. The molecule has 1 amide bonds. The second-order valence-electron chi connectivity index (χ2n) is 4.38. The van der Waals surface area contributed by atoms with Gasteiger partial charge in [0, 0.05) is 36.3 Å². The Morgan fingerprint density at radius 2 is 1.79 bits per heavy atom. The number of methoxy groups -OCH3 is 2. The number of carbonyl (C=O) groups is 1. The molecule has 0 aromatic heterocycles. The number of amides is 1. The maximum absolute atomic E-state index is 12.5. The molecule has 0 spiro atoms. The molecule has 1 aromatic carbocycles. The molecule has 19 heavy (non-hydrogen) atoms. The molecule has 104 valence electrons. The van der Waals surface area contributed by atoms with E-state index in [9.17, 15) is 4.79 Å². The Bertz CT molecular complexity index is 469. The van der Waals surface area contributed by atoms with Crippen LogP contribution in [-0.4, -0.2) is 50.3 Å². The summed E-state index contributed by atoms with van der Waals surface area (Å²) in [6, 6.07) is 5.56. The van der Waals surface area contributed by atoms with E-state index in [1.165, 1.54) is 0 Å². The fourth-order valence-corrected chi connectivity index (χ4v) is 2.97. The lowest BCUT2D eigenvalue weighted by atomic mass is 10.2. The van der Waals surface area contributed by atoms with Crippen molar-refractivity contribution in [1.29, 1.82) is 0 Å². The molecule has 1 aliphatic rings. The third-order valence-corrected chi connectivity index (χ3v) is 4.45. The molecule has 0 radical (unpaired) electrons. The van der Waals surface area contributed by atoms with Crippen molar-refractivity contribution in [3.63, 3.8) is 0 Å². The van der Waals surface area contributed by atoms with Gasteiger partial charge in [0.2, 0.25) is 0 Å². The van der Waals surface area contributed by atoms with Gasteiger partial charge < -0.3 is 14.4 Å². The van der Waals surface area contributed by atoms with Gasteiger partial charge in [-0.1, -0.05) is 15.9 Å². The van der Waals surface area contributed by atoms with Crippen molar-refractivity contribution in [1.82, 2.24) is 4.90 Å². The molecule has 1 saturated heterocycles. The topological polar surface area (TPSA) is 38.8 Å². The Hall–Kier alpha value is -0.430. The molecule has 4 nitrogen and oxygen atoms in total. The Morgan fingerprint density at radius 3 is 2.32 bits per heavy atom. The molecular formula is C13H15Br2NO3. The van der Waals surface area contributed by atoms with E-state index < -0.39 is 0 Å². The highest BCUT2D eigenvalue weighted by atomic mass is 79.9. The fourth-order valence-electron chi connectivity index (χ4n) is 2.19. The van der Waals surface area contributed by atoms with E-state index in [-0.39, 0.29) is 18.1 Å². The van der Waals surface area contributed by atoms with Gasteiger partial charge in [0.25, 0.3) is 5.91 Å². The highest BCUT2D eigenvalue weighted by Crippen LogP contribution is 2.25. The Balaban J connectivity index is 2.19. The van der Waals surface area contributed by atoms with Gasteiger partial charge in [0.1, 0.15) is 12.2 Å². The molecule has 6 heteroatoms. The number of nitrogens with zero attached hydrogens (tertiary/aromatic N) is 1. The molecule has 1 heterocycles. The summed E-state index contributed by atoms with van der Waals surface area (Å²) in [5, 5.41) is 0. The van der Waals surface area contributed by atoms with E-state index in [4.69, 9.17) is 9.47 Å². The lowest BCUT2D eigenvalue weighted by Crippen LogP contribution is -2.30. The summed E-state index contributed by atoms with van der Waals surface area (Å²) in [6.07, 6.45) is -0.139. The highest BCUT2D eigenvalue weighted by Gasteiger charge is 2.36. The first kappa shape index (κ1) is 15.0. The third kappa shape index (κ3) is 3.18. The lowest BCUT2D eigenvalue weighted by Gasteiger charge is -2.16. The predicted octanol–water partition coefficient (Wildman–Crippen LogP) is 2.70. The monoisotopic (exact) mass is 391 g/mol. The zero-order chi connectivity index (χ0) is 14.0. The Morgan fingerprint density at radius 1 is 1.21 bits per heavy atom. The van der Waals surface area contributed by atoms with Gasteiger partial charge in [-0.05, 0) is 34.1 Å². The van der Waals surface area contributed by atoms with Gasteiger partial charge in [-0.15, -0.1) is 0 Å². The third-order valence-electron chi connectivity index (χ3n) is 3.27. The minimum Gasteiger partial charge on any atom is -0.377 e. The van der Waals surface area contributed by atoms with E-state index in [2.05, 4.69) is 31.9 Å². The van der Waals surface area contributed by atoms with Gasteiger partial charge >= 0.3 is 0 Å². The van der Waals surface area contributed by atoms with Crippen molar-refractivity contribution in [2.75, 3.05) is 27.3 Å². The molecule has 1 aliphatic heterocycles. The smallest absolute Gasteiger partial charge is 0.255 e. The minimum atomic E-state index is -0.0696. The number of hydrogen-bond donors (Lipinski definition) is 0. The standard InChI is InChI=1S/C13H15Br2NO3/c1-18-11-6-16(7-12(11)19-2)13(17)9-5-8(14)3-4-10(9)15/h3-5,11-12H,6-7H2,1-2H3. The molecule has 2 atom stereocenters. The zero-order valence-corrected chi connectivity index (χ0v) is 13.9. The minimum absolute atomic E-state index is 0.0187. The maximum atomic E-state index is 12.5. The van der Waals surface area contributed by atoms with Crippen LogP contribution in [-0.2, 0) is 9.47 Å². The second kappa shape index (κ2) is 6.35. The van der Waals surface area contributed by atoms with Crippen LogP contribution in [0.1, 0.15) is 10.4 Å².